The highest BCUT2D eigenvalue weighted by Gasteiger charge is 2.11. The molecule has 1 aromatic carbocycles. The average Bonchev–Trinajstić information content (AvgIpc) is 2.62. The van der Waals surface area contributed by atoms with Gasteiger partial charge in [-0.2, -0.15) is 0 Å². The summed E-state index contributed by atoms with van der Waals surface area (Å²) in [6.07, 6.45) is 3.20. The number of rotatable bonds is 9. The number of hydrogen-bond donors (Lipinski definition) is 2. The maximum atomic E-state index is 11.9. The summed E-state index contributed by atoms with van der Waals surface area (Å²) in [6.45, 7) is 4.95. The SMILES string of the molecule is CCCC(N)C(=O)NCc1ccnc(Oc2ccc(OCC)cc2)c1. The van der Waals surface area contributed by atoms with Crippen molar-refractivity contribution < 1.29 is 14.3 Å². The highest BCUT2D eigenvalue weighted by atomic mass is 16.5. The molecule has 0 aliphatic rings. The van der Waals surface area contributed by atoms with Crippen molar-refractivity contribution in [1.82, 2.24) is 10.3 Å². The summed E-state index contributed by atoms with van der Waals surface area (Å²) in [4.78, 5) is 16.1. The van der Waals surface area contributed by atoms with E-state index in [1.165, 1.54) is 0 Å². The molecule has 0 spiro atoms. The molecule has 0 bridgehead atoms. The van der Waals surface area contributed by atoms with Crippen molar-refractivity contribution in [3.8, 4) is 17.4 Å². The molecule has 0 aliphatic carbocycles. The first-order valence-electron chi connectivity index (χ1n) is 8.51. The number of hydrogen-bond acceptors (Lipinski definition) is 5. The molecule has 0 aliphatic heterocycles. The van der Waals surface area contributed by atoms with E-state index < -0.39 is 6.04 Å². The normalized spacial score (nSPS) is 11.6. The predicted molar refractivity (Wildman–Crippen MR) is 96.7 cm³/mol. The number of ether oxygens (including phenoxy) is 2. The van der Waals surface area contributed by atoms with Crippen molar-refractivity contribution in [3.63, 3.8) is 0 Å². The number of carbonyl (C=O) groups is 1. The van der Waals surface area contributed by atoms with E-state index in [1.54, 1.807) is 12.3 Å². The molecule has 6 heteroatoms. The fraction of sp³-hybridized carbons (Fsp3) is 0.368. The molecular weight excluding hydrogens is 318 g/mol. The maximum absolute atomic E-state index is 11.9. The largest absolute Gasteiger partial charge is 0.494 e. The van der Waals surface area contributed by atoms with Gasteiger partial charge in [-0.1, -0.05) is 13.3 Å². The Hall–Kier alpha value is -2.60. The van der Waals surface area contributed by atoms with Crippen molar-refractivity contribution in [1.29, 1.82) is 0 Å². The van der Waals surface area contributed by atoms with Gasteiger partial charge in [0.2, 0.25) is 11.8 Å². The van der Waals surface area contributed by atoms with Crippen LogP contribution in [0.15, 0.2) is 42.6 Å². The van der Waals surface area contributed by atoms with Crippen molar-refractivity contribution in [2.45, 2.75) is 39.3 Å². The number of nitrogens with one attached hydrogen (secondary N) is 1. The molecule has 2 rings (SSSR count). The zero-order valence-electron chi connectivity index (χ0n) is 14.7. The standard InChI is InChI=1S/C19H25N3O3/c1-3-5-17(20)19(23)22-13-14-10-11-21-18(12-14)25-16-8-6-15(7-9-16)24-4-2/h6-12,17H,3-5,13,20H2,1-2H3,(H,22,23). The van der Waals surface area contributed by atoms with Crippen LogP contribution in [0.5, 0.6) is 17.4 Å². The first-order chi connectivity index (χ1) is 12.1. The summed E-state index contributed by atoms with van der Waals surface area (Å²) >= 11 is 0. The summed E-state index contributed by atoms with van der Waals surface area (Å²) in [5.41, 5.74) is 6.69. The van der Waals surface area contributed by atoms with E-state index in [1.807, 2.05) is 44.2 Å². The smallest absolute Gasteiger partial charge is 0.237 e. The van der Waals surface area contributed by atoms with Gasteiger partial charge in [0.25, 0.3) is 0 Å². The Morgan fingerprint density at radius 2 is 1.92 bits per heavy atom. The second-order valence-corrected chi connectivity index (χ2v) is 5.62. The molecular formula is C19H25N3O3. The Labute approximate surface area is 148 Å². The average molecular weight is 343 g/mol. The van der Waals surface area contributed by atoms with Gasteiger partial charge in [0.1, 0.15) is 11.5 Å². The van der Waals surface area contributed by atoms with E-state index in [0.717, 1.165) is 17.7 Å². The first-order valence-corrected chi connectivity index (χ1v) is 8.51. The van der Waals surface area contributed by atoms with Gasteiger partial charge in [0.05, 0.1) is 12.6 Å². The van der Waals surface area contributed by atoms with Gasteiger partial charge >= 0.3 is 0 Å². The Morgan fingerprint density at radius 3 is 2.60 bits per heavy atom. The number of amides is 1. The van der Waals surface area contributed by atoms with Crippen LogP contribution in [-0.2, 0) is 11.3 Å². The van der Waals surface area contributed by atoms with Gasteiger partial charge in [-0.3, -0.25) is 4.79 Å². The summed E-state index contributed by atoms with van der Waals surface area (Å²) in [5, 5.41) is 2.83. The summed E-state index contributed by atoms with van der Waals surface area (Å²) in [6, 6.07) is 10.5. The molecule has 0 fully saturated rings. The third-order valence-corrected chi connectivity index (χ3v) is 3.56. The molecule has 134 valence electrons. The van der Waals surface area contributed by atoms with E-state index in [-0.39, 0.29) is 5.91 Å². The van der Waals surface area contributed by atoms with Gasteiger partial charge in [-0.05, 0) is 49.2 Å². The lowest BCUT2D eigenvalue weighted by atomic mass is 10.1. The molecule has 0 saturated heterocycles. The van der Waals surface area contributed by atoms with Crippen LogP contribution in [0.25, 0.3) is 0 Å². The summed E-state index contributed by atoms with van der Waals surface area (Å²) in [7, 11) is 0. The molecule has 0 saturated carbocycles. The highest BCUT2D eigenvalue weighted by molar-refractivity contribution is 5.81. The number of aromatic nitrogens is 1. The number of nitrogens with two attached hydrogens (primary N) is 1. The fourth-order valence-corrected chi connectivity index (χ4v) is 2.27. The zero-order chi connectivity index (χ0) is 18.1. The number of carbonyl (C=O) groups excluding carboxylic acids is 1. The van der Waals surface area contributed by atoms with Crippen molar-refractivity contribution in [2.75, 3.05) is 6.61 Å². The summed E-state index contributed by atoms with van der Waals surface area (Å²) < 4.78 is 11.1. The van der Waals surface area contributed by atoms with Crippen LogP contribution in [0.2, 0.25) is 0 Å². The van der Waals surface area contributed by atoms with Crippen molar-refractivity contribution >= 4 is 5.91 Å². The topological polar surface area (TPSA) is 86.5 Å². The van der Waals surface area contributed by atoms with E-state index in [4.69, 9.17) is 15.2 Å². The van der Waals surface area contributed by atoms with E-state index in [0.29, 0.717) is 31.2 Å². The molecule has 6 nitrogen and oxygen atoms in total. The zero-order valence-corrected chi connectivity index (χ0v) is 14.7. The van der Waals surface area contributed by atoms with Crippen LogP contribution in [0.4, 0.5) is 0 Å². The third kappa shape index (κ3) is 6.08. The molecule has 3 N–H and O–H groups in total. The van der Waals surface area contributed by atoms with E-state index in [2.05, 4.69) is 10.3 Å². The Kier molecular flexibility index (Phi) is 7.22. The molecule has 1 unspecified atom stereocenters. The van der Waals surface area contributed by atoms with E-state index in [9.17, 15) is 4.79 Å². The van der Waals surface area contributed by atoms with Gasteiger partial charge in [0.15, 0.2) is 0 Å². The Morgan fingerprint density at radius 1 is 1.20 bits per heavy atom. The molecule has 0 radical (unpaired) electrons. The van der Waals surface area contributed by atoms with Crippen molar-refractivity contribution in [3.05, 3.63) is 48.2 Å². The lowest BCUT2D eigenvalue weighted by Gasteiger charge is -2.12. The predicted octanol–water partition coefficient (Wildman–Crippen LogP) is 3.02. The van der Waals surface area contributed by atoms with Crippen LogP contribution >= 0.6 is 0 Å². The quantitative estimate of drug-likeness (QED) is 0.731. The third-order valence-electron chi connectivity index (χ3n) is 3.56. The van der Waals surface area contributed by atoms with E-state index >= 15 is 0 Å². The Bertz CT molecular complexity index is 674. The van der Waals surface area contributed by atoms with Crippen LogP contribution in [-0.4, -0.2) is 23.5 Å². The maximum Gasteiger partial charge on any atom is 0.237 e. The number of pyridine rings is 1. The minimum atomic E-state index is -0.466. The Balaban J connectivity index is 1.93. The molecule has 1 atom stereocenters. The second kappa shape index (κ2) is 9.64. The molecule has 1 amide bonds. The molecule has 25 heavy (non-hydrogen) atoms. The lowest BCUT2D eigenvalue weighted by Crippen LogP contribution is -2.40. The fourth-order valence-electron chi connectivity index (χ4n) is 2.27. The van der Waals surface area contributed by atoms with Gasteiger partial charge in [-0.15, -0.1) is 0 Å². The monoisotopic (exact) mass is 343 g/mol. The van der Waals surface area contributed by atoms with Crippen LogP contribution < -0.4 is 20.5 Å². The van der Waals surface area contributed by atoms with Gasteiger partial charge in [-0.25, -0.2) is 4.98 Å². The van der Waals surface area contributed by atoms with Crippen LogP contribution in [0.1, 0.15) is 32.3 Å². The van der Waals surface area contributed by atoms with Gasteiger partial charge < -0.3 is 20.5 Å². The summed E-state index contributed by atoms with van der Waals surface area (Å²) in [5.74, 6) is 1.78. The molecule has 1 heterocycles. The van der Waals surface area contributed by atoms with Crippen molar-refractivity contribution in [2.24, 2.45) is 5.73 Å². The minimum absolute atomic E-state index is 0.146. The van der Waals surface area contributed by atoms with Gasteiger partial charge in [0, 0.05) is 18.8 Å². The molecule has 2 aromatic rings. The first kappa shape index (κ1) is 18.7. The highest BCUT2D eigenvalue weighted by Crippen LogP contribution is 2.23. The molecule has 1 aromatic heterocycles. The van der Waals surface area contributed by atoms with Crippen LogP contribution in [0, 0.1) is 0 Å². The number of benzene rings is 1. The number of nitrogens with zero attached hydrogens (tertiary/aromatic N) is 1. The lowest BCUT2D eigenvalue weighted by molar-refractivity contribution is -0.122. The van der Waals surface area contributed by atoms with Crippen LogP contribution in [0.3, 0.4) is 0 Å². The second-order valence-electron chi connectivity index (χ2n) is 5.62. The minimum Gasteiger partial charge on any atom is -0.494 e.